The molecule has 0 atom stereocenters. The van der Waals surface area contributed by atoms with Gasteiger partial charge in [-0.05, 0) is 49.7 Å². The van der Waals surface area contributed by atoms with Crippen LogP contribution in [0.4, 0.5) is 0 Å². The van der Waals surface area contributed by atoms with Crippen LogP contribution >= 0.6 is 24.0 Å². The average Bonchev–Trinajstić information content (AvgIpc) is 2.49. The van der Waals surface area contributed by atoms with E-state index in [1.165, 1.54) is 31.2 Å². The Labute approximate surface area is 145 Å². The first-order chi connectivity index (χ1) is 9.78. The summed E-state index contributed by atoms with van der Waals surface area (Å²) in [5.41, 5.74) is 1.25. The fraction of sp³-hybridized carbons (Fsp3) is 0.625. The molecule has 0 radical (unpaired) electrons. The van der Waals surface area contributed by atoms with Gasteiger partial charge in [-0.15, -0.1) is 24.0 Å². The Morgan fingerprint density at radius 2 is 2.10 bits per heavy atom. The average molecular weight is 402 g/mol. The summed E-state index contributed by atoms with van der Waals surface area (Å²) in [6.07, 6.45) is 9.85. The van der Waals surface area contributed by atoms with Crippen LogP contribution in [-0.4, -0.2) is 30.6 Å². The second-order valence-electron chi connectivity index (χ2n) is 5.71. The van der Waals surface area contributed by atoms with Gasteiger partial charge in [0.2, 0.25) is 0 Å². The van der Waals surface area contributed by atoms with Gasteiger partial charge in [0.25, 0.3) is 0 Å². The van der Waals surface area contributed by atoms with E-state index in [1.807, 2.05) is 25.5 Å². The number of aromatic nitrogens is 1. The van der Waals surface area contributed by atoms with Crippen molar-refractivity contribution in [3.05, 3.63) is 30.1 Å². The van der Waals surface area contributed by atoms with Crippen LogP contribution in [0.3, 0.4) is 0 Å². The summed E-state index contributed by atoms with van der Waals surface area (Å²) in [4.78, 5) is 8.44. The maximum atomic E-state index is 4.31. The van der Waals surface area contributed by atoms with Crippen molar-refractivity contribution >= 4 is 29.9 Å². The topological polar surface area (TPSA) is 49.3 Å². The highest BCUT2D eigenvalue weighted by Gasteiger charge is 2.18. The van der Waals surface area contributed by atoms with Crippen molar-refractivity contribution < 1.29 is 0 Å². The van der Waals surface area contributed by atoms with Crippen LogP contribution in [0.25, 0.3) is 0 Å². The fourth-order valence-electron chi connectivity index (χ4n) is 2.66. The van der Waals surface area contributed by atoms with E-state index in [4.69, 9.17) is 0 Å². The molecule has 0 unspecified atom stereocenters. The molecule has 118 valence electrons. The van der Waals surface area contributed by atoms with Crippen LogP contribution in [-0.2, 0) is 6.42 Å². The lowest BCUT2D eigenvalue weighted by Crippen LogP contribution is -2.45. The van der Waals surface area contributed by atoms with Gasteiger partial charge in [0.15, 0.2) is 5.96 Å². The molecule has 2 rings (SSSR count). The molecule has 1 heterocycles. The van der Waals surface area contributed by atoms with E-state index in [1.54, 1.807) is 0 Å². The molecule has 1 aliphatic rings. The quantitative estimate of drug-likeness (QED) is 0.463. The van der Waals surface area contributed by atoms with Gasteiger partial charge < -0.3 is 10.6 Å². The summed E-state index contributed by atoms with van der Waals surface area (Å²) >= 11 is 0. The Kier molecular flexibility index (Phi) is 8.64. The van der Waals surface area contributed by atoms with Crippen molar-refractivity contribution in [2.75, 3.05) is 13.6 Å². The number of pyridine rings is 1. The second kappa shape index (κ2) is 9.97. The molecule has 0 bridgehead atoms. The molecule has 1 aromatic rings. The molecule has 1 saturated carbocycles. The molecular weight excluding hydrogens is 375 g/mol. The minimum absolute atomic E-state index is 0. The summed E-state index contributed by atoms with van der Waals surface area (Å²) in [5.74, 6) is 1.81. The summed E-state index contributed by atoms with van der Waals surface area (Å²) in [5, 5.41) is 6.92. The Bertz CT molecular complexity index is 414. The van der Waals surface area contributed by atoms with E-state index >= 15 is 0 Å². The predicted octanol–water partition coefficient (Wildman–Crippen LogP) is 2.99. The number of halogens is 1. The maximum Gasteiger partial charge on any atom is 0.191 e. The van der Waals surface area contributed by atoms with Gasteiger partial charge in [-0.1, -0.05) is 13.0 Å². The third-order valence-corrected chi connectivity index (χ3v) is 4.01. The van der Waals surface area contributed by atoms with Gasteiger partial charge >= 0.3 is 0 Å². The maximum absolute atomic E-state index is 4.31. The number of guanidine groups is 1. The molecule has 0 aromatic carbocycles. The van der Waals surface area contributed by atoms with E-state index in [0.717, 1.165) is 24.8 Å². The van der Waals surface area contributed by atoms with Crippen LogP contribution in [0, 0.1) is 5.92 Å². The molecular formula is C16H27IN4. The fourth-order valence-corrected chi connectivity index (χ4v) is 2.66. The number of nitrogens with zero attached hydrogens (tertiary/aromatic N) is 2. The normalized spacial score (nSPS) is 22.3. The third-order valence-electron chi connectivity index (χ3n) is 4.01. The van der Waals surface area contributed by atoms with Crippen molar-refractivity contribution in [2.24, 2.45) is 10.9 Å². The molecule has 1 aliphatic carbocycles. The summed E-state index contributed by atoms with van der Waals surface area (Å²) in [6.45, 7) is 3.23. The van der Waals surface area contributed by atoms with Crippen LogP contribution in [0.5, 0.6) is 0 Å². The molecule has 0 aliphatic heterocycles. The molecule has 21 heavy (non-hydrogen) atoms. The largest absolute Gasteiger partial charge is 0.356 e. The van der Waals surface area contributed by atoms with Gasteiger partial charge in [0.1, 0.15) is 0 Å². The van der Waals surface area contributed by atoms with Gasteiger partial charge in [0.05, 0.1) is 0 Å². The lowest BCUT2D eigenvalue weighted by atomic mass is 9.87. The van der Waals surface area contributed by atoms with Crippen LogP contribution in [0.2, 0.25) is 0 Å². The second-order valence-corrected chi connectivity index (χ2v) is 5.71. The molecule has 5 heteroatoms. The molecule has 2 N–H and O–H groups in total. The predicted molar refractivity (Wildman–Crippen MR) is 99.3 cm³/mol. The van der Waals surface area contributed by atoms with E-state index < -0.39 is 0 Å². The number of nitrogens with one attached hydrogen (secondary N) is 2. The first kappa shape index (κ1) is 18.2. The SMILES string of the molecule is CN=C(NCCc1cccnc1)NC1CCC(C)CC1.I. The van der Waals surface area contributed by atoms with E-state index in [0.29, 0.717) is 6.04 Å². The minimum atomic E-state index is 0. The van der Waals surface area contributed by atoms with E-state index in [9.17, 15) is 0 Å². The number of hydrogen-bond acceptors (Lipinski definition) is 2. The highest BCUT2D eigenvalue weighted by Crippen LogP contribution is 2.23. The van der Waals surface area contributed by atoms with Crippen molar-refractivity contribution in [3.63, 3.8) is 0 Å². The smallest absolute Gasteiger partial charge is 0.191 e. The zero-order valence-corrected chi connectivity index (χ0v) is 15.3. The van der Waals surface area contributed by atoms with Crippen molar-refractivity contribution in [2.45, 2.75) is 45.1 Å². The number of rotatable bonds is 4. The molecule has 0 saturated heterocycles. The lowest BCUT2D eigenvalue weighted by molar-refractivity contribution is 0.329. The van der Waals surface area contributed by atoms with Crippen LogP contribution in [0.1, 0.15) is 38.2 Å². The Hall–Kier alpha value is -0.850. The van der Waals surface area contributed by atoms with Crippen molar-refractivity contribution in [1.82, 2.24) is 15.6 Å². The van der Waals surface area contributed by atoms with Crippen molar-refractivity contribution in [3.8, 4) is 0 Å². The zero-order valence-electron chi connectivity index (χ0n) is 13.0. The molecule has 0 amide bonds. The number of aliphatic imine (C=N–C) groups is 1. The molecule has 1 fully saturated rings. The molecule has 0 spiro atoms. The third kappa shape index (κ3) is 6.63. The summed E-state index contributed by atoms with van der Waals surface area (Å²) in [7, 11) is 1.84. The zero-order chi connectivity index (χ0) is 14.2. The van der Waals surface area contributed by atoms with Gasteiger partial charge in [-0.25, -0.2) is 0 Å². The summed E-state index contributed by atoms with van der Waals surface area (Å²) < 4.78 is 0. The standard InChI is InChI=1S/C16H26N4.HI/c1-13-5-7-15(8-6-13)20-16(17-2)19-11-9-14-4-3-10-18-12-14;/h3-4,10,12-13,15H,5-9,11H2,1-2H3,(H2,17,19,20);1H. The van der Waals surface area contributed by atoms with Crippen LogP contribution < -0.4 is 10.6 Å². The van der Waals surface area contributed by atoms with Gasteiger partial charge in [-0.3, -0.25) is 9.98 Å². The van der Waals surface area contributed by atoms with Crippen LogP contribution in [0.15, 0.2) is 29.5 Å². The van der Waals surface area contributed by atoms with E-state index in [2.05, 4.69) is 33.6 Å². The summed E-state index contributed by atoms with van der Waals surface area (Å²) in [6, 6.07) is 4.66. The monoisotopic (exact) mass is 402 g/mol. The van der Waals surface area contributed by atoms with Gasteiger partial charge in [0, 0.05) is 32.0 Å². The minimum Gasteiger partial charge on any atom is -0.356 e. The number of hydrogen-bond donors (Lipinski definition) is 2. The van der Waals surface area contributed by atoms with E-state index in [-0.39, 0.29) is 24.0 Å². The highest BCUT2D eigenvalue weighted by atomic mass is 127. The lowest BCUT2D eigenvalue weighted by Gasteiger charge is -2.28. The van der Waals surface area contributed by atoms with Crippen molar-refractivity contribution in [1.29, 1.82) is 0 Å². The Morgan fingerprint density at radius 1 is 1.33 bits per heavy atom. The molecule has 1 aromatic heterocycles. The van der Waals surface area contributed by atoms with Gasteiger partial charge in [-0.2, -0.15) is 0 Å². The molecule has 4 nitrogen and oxygen atoms in total. The first-order valence-electron chi connectivity index (χ1n) is 7.64. The Balaban J connectivity index is 0.00000220. The first-order valence-corrected chi connectivity index (χ1v) is 7.64. The highest BCUT2D eigenvalue weighted by molar-refractivity contribution is 14.0. The Morgan fingerprint density at radius 3 is 2.71 bits per heavy atom.